The van der Waals surface area contributed by atoms with Gasteiger partial charge in [0.2, 0.25) is 5.89 Å². The van der Waals surface area contributed by atoms with Crippen molar-refractivity contribution in [1.29, 1.82) is 0 Å². The normalized spacial score (nSPS) is 11.5. The zero-order chi connectivity index (χ0) is 34.4. The fourth-order valence-corrected chi connectivity index (χ4v) is 7.14. The molecule has 0 saturated heterocycles. The summed E-state index contributed by atoms with van der Waals surface area (Å²) < 4.78 is 8.91. The van der Waals surface area contributed by atoms with Crippen molar-refractivity contribution in [3.05, 3.63) is 176 Å². The minimum absolute atomic E-state index is 0.597. The molecule has 10 rings (SSSR count). The van der Waals surface area contributed by atoms with Crippen LogP contribution in [0, 0.1) is 0 Å². The number of hydrogen-bond donors (Lipinski definition) is 0. The third kappa shape index (κ3) is 4.96. The molecule has 244 valence electrons. The second-order valence-electron chi connectivity index (χ2n) is 12.7. The molecule has 0 spiro atoms. The highest BCUT2D eigenvalue weighted by atomic mass is 16.3. The summed E-state index contributed by atoms with van der Waals surface area (Å²) in [5.41, 5.74) is 10.4. The first-order chi connectivity index (χ1) is 25.8. The molecule has 0 fully saturated rings. The molecule has 3 heterocycles. The summed E-state index contributed by atoms with van der Waals surface area (Å²) in [7, 11) is 0. The average molecular weight is 668 g/mol. The van der Waals surface area contributed by atoms with Crippen LogP contribution >= 0.6 is 0 Å². The van der Waals surface area contributed by atoms with Crippen molar-refractivity contribution in [2.24, 2.45) is 0 Å². The van der Waals surface area contributed by atoms with Crippen molar-refractivity contribution >= 4 is 32.9 Å². The van der Waals surface area contributed by atoms with Crippen molar-refractivity contribution in [2.75, 3.05) is 0 Å². The summed E-state index contributed by atoms with van der Waals surface area (Å²) in [4.78, 5) is 20.2. The van der Waals surface area contributed by atoms with E-state index in [4.69, 9.17) is 24.4 Å². The highest BCUT2D eigenvalue weighted by molar-refractivity contribution is 6.18. The molecule has 0 bridgehead atoms. The van der Waals surface area contributed by atoms with E-state index in [1.807, 2.05) is 103 Å². The smallest absolute Gasteiger partial charge is 0.227 e. The number of para-hydroxylation sites is 4. The predicted molar refractivity (Wildman–Crippen MR) is 209 cm³/mol. The van der Waals surface area contributed by atoms with Crippen molar-refractivity contribution < 1.29 is 4.42 Å². The van der Waals surface area contributed by atoms with Gasteiger partial charge in [0.05, 0.1) is 11.0 Å². The summed E-state index contributed by atoms with van der Waals surface area (Å²) in [6.07, 6.45) is 0. The number of aromatic nitrogens is 5. The van der Waals surface area contributed by atoms with Gasteiger partial charge < -0.3 is 8.98 Å². The molecular weight excluding hydrogens is 639 g/mol. The van der Waals surface area contributed by atoms with Crippen LogP contribution in [0.1, 0.15) is 0 Å². The summed E-state index contributed by atoms with van der Waals surface area (Å²) >= 11 is 0. The highest BCUT2D eigenvalue weighted by Crippen LogP contribution is 2.43. The van der Waals surface area contributed by atoms with E-state index >= 15 is 0 Å². The second-order valence-corrected chi connectivity index (χ2v) is 12.7. The van der Waals surface area contributed by atoms with Crippen molar-refractivity contribution in [2.45, 2.75) is 0 Å². The summed E-state index contributed by atoms with van der Waals surface area (Å²) in [6, 6.07) is 59.8. The van der Waals surface area contributed by atoms with Gasteiger partial charge in [0.15, 0.2) is 23.1 Å². The number of fused-ring (bicyclic) bond motifs is 4. The van der Waals surface area contributed by atoms with E-state index in [-0.39, 0.29) is 0 Å². The van der Waals surface area contributed by atoms with Crippen LogP contribution in [-0.2, 0) is 0 Å². The van der Waals surface area contributed by atoms with Gasteiger partial charge >= 0.3 is 0 Å². The molecule has 6 nitrogen and oxygen atoms in total. The Balaban J connectivity index is 1.28. The number of nitrogens with zero attached hydrogens (tertiary/aromatic N) is 5. The van der Waals surface area contributed by atoms with Crippen LogP contribution in [0.2, 0.25) is 0 Å². The molecule has 0 aliphatic carbocycles. The molecule has 0 radical (unpaired) electrons. The molecule has 0 aliphatic heterocycles. The van der Waals surface area contributed by atoms with E-state index in [0.29, 0.717) is 23.4 Å². The van der Waals surface area contributed by atoms with Crippen LogP contribution in [-0.4, -0.2) is 24.5 Å². The Labute approximate surface area is 299 Å². The average Bonchev–Trinajstić information content (AvgIpc) is 3.82. The van der Waals surface area contributed by atoms with Crippen molar-refractivity contribution in [3.63, 3.8) is 0 Å². The van der Waals surface area contributed by atoms with Gasteiger partial charge in [0.1, 0.15) is 5.52 Å². The molecule has 3 aromatic heterocycles. The lowest BCUT2D eigenvalue weighted by Crippen LogP contribution is -2.02. The van der Waals surface area contributed by atoms with Gasteiger partial charge in [-0.3, -0.25) is 0 Å². The topological polar surface area (TPSA) is 69.6 Å². The monoisotopic (exact) mass is 667 g/mol. The SMILES string of the molecule is c1ccc(-c2nc(-c3ccccc3)nc(-c3cccc4c5cccc(-c6cccc7nc(-c8ccccc8)oc67)c5n(-c5ccccc5)c34)n2)cc1. The Morgan fingerprint density at radius 2 is 0.846 bits per heavy atom. The number of oxazole rings is 1. The maximum atomic E-state index is 6.56. The molecule has 10 aromatic rings. The largest absolute Gasteiger partial charge is 0.435 e. The third-order valence-electron chi connectivity index (χ3n) is 9.49. The molecule has 6 heteroatoms. The first-order valence-electron chi connectivity index (χ1n) is 17.2. The van der Waals surface area contributed by atoms with Crippen LogP contribution in [0.15, 0.2) is 180 Å². The Hall–Kier alpha value is -7.18. The lowest BCUT2D eigenvalue weighted by Gasteiger charge is -2.14. The molecule has 0 atom stereocenters. The van der Waals surface area contributed by atoms with Gasteiger partial charge in [0.25, 0.3) is 0 Å². The second kappa shape index (κ2) is 12.3. The molecule has 7 aromatic carbocycles. The summed E-state index contributed by atoms with van der Waals surface area (Å²) in [5.74, 6) is 2.44. The summed E-state index contributed by atoms with van der Waals surface area (Å²) in [5, 5.41) is 2.20. The Bertz CT molecular complexity index is 2820. The minimum Gasteiger partial charge on any atom is -0.435 e. The van der Waals surface area contributed by atoms with Gasteiger partial charge in [-0.2, -0.15) is 0 Å². The molecule has 0 unspecified atom stereocenters. The van der Waals surface area contributed by atoms with Crippen LogP contribution < -0.4 is 0 Å². The highest BCUT2D eigenvalue weighted by Gasteiger charge is 2.23. The molecule has 0 amide bonds. The Morgan fingerprint density at radius 3 is 1.46 bits per heavy atom. The lowest BCUT2D eigenvalue weighted by atomic mass is 10.0. The molecule has 0 saturated carbocycles. The molecular formula is C46H29N5O. The standard InChI is InChI=1S/C46H29N5O/c1-5-16-30(17-6-1)43-48-44(31-18-7-2-8-19-31)50-45(49-43)38-28-14-25-35-34-24-13-26-36(40(34)51(41(35)38)33-22-11-4-12-23-33)37-27-15-29-39-42(37)52-46(47-39)32-20-9-3-10-21-32/h1-29H. The van der Waals surface area contributed by atoms with Crippen LogP contribution in [0.25, 0.3) is 95.3 Å². The van der Waals surface area contributed by atoms with E-state index in [1.54, 1.807) is 0 Å². The fraction of sp³-hybridized carbons (Fsp3) is 0. The van der Waals surface area contributed by atoms with Gasteiger partial charge in [-0.15, -0.1) is 0 Å². The van der Waals surface area contributed by atoms with Crippen molar-refractivity contribution in [1.82, 2.24) is 24.5 Å². The maximum absolute atomic E-state index is 6.56. The van der Waals surface area contributed by atoms with E-state index in [0.717, 1.165) is 72.0 Å². The van der Waals surface area contributed by atoms with Crippen molar-refractivity contribution in [3.8, 4) is 62.4 Å². The zero-order valence-corrected chi connectivity index (χ0v) is 27.9. The quantitative estimate of drug-likeness (QED) is 0.176. The fourth-order valence-electron chi connectivity index (χ4n) is 7.14. The van der Waals surface area contributed by atoms with Crippen LogP contribution in [0.4, 0.5) is 0 Å². The third-order valence-corrected chi connectivity index (χ3v) is 9.49. The first-order valence-corrected chi connectivity index (χ1v) is 17.2. The Kier molecular flexibility index (Phi) is 7.03. The van der Waals surface area contributed by atoms with Crippen LogP contribution in [0.5, 0.6) is 0 Å². The molecule has 0 N–H and O–H groups in total. The lowest BCUT2D eigenvalue weighted by molar-refractivity contribution is 0.621. The Morgan fingerprint density at radius 1 is 0.365 bits per heavy atom. The van der Waals surface area contributed by atoms with Gasteiger partial charge in [-0.25, -0.2) is 19.9 Å². The van der Waals surface area contributed by atoms with E-state index < -0.39 is 0 Å². The van der Waals surface area contributed by atoms with E-state index in [1.165, 1.54) is 0 Å². The van der Waals surface area contributed by atoms with Gasteiger partial charge in [-0.1, -0.05) is 140 Å². The van der Waals surface area contributed by atoms with Crippen LogP contribution in [0.3, 0.4) is 0 Å². The number of rotatable bonds is 6. The summed E-state index contributed by atoms with van der Waals surface area (Å²) in [6.45, 7) is 0. The van der Waals surface area contributed by atoms with Gasteiger partial charge in [-0.05, 0) is 36.4 Å². The molecule has 52 heavy (non-hydrogen) atoms. The van der Waals surface area contributed by atoms with E-state index in [9.17, 15) is 0 Å². The number of benzene rings is 7. The predicted octanol–water partition coefficient (Wildman–Crippen LogP) is 11.4. The first kappa shape index (κ1) is 29.7. The van der Waals surface area contributed by atoms with E-state index in [2.05, 4.69) is 77.4 Å². The zero-order valence-electron chi connectivity index (χ0n) is 27.9. The maximum Gasteiger partial charge on any atom is 0.227 e. The molecule has 0 aliphatic rings. The number of hydrogen-bond acceptors (Lipinski definition) is 5. The minimum atomic E-state index is 0.597. The van der Waals surface area contributed by atoms with Gasteiger partial charge in [0, 0.05) is 49.8 Å².